The van der Waals surface area contributed by atoms with Gasteiger partial charge in [-0.05, 0) is 22.8 Å². The molecule has 1 heteroatoms. The summed E-state index contributed by atoms with van der Waals surface area (Å²) in [5.41, 5.74) is 9.25. The smallest absolute Gasteiger partial charge is 0.0928 e. The van der Waals surface area contributed by atoms with Crippen LogP contribution in [-0.2, 0) is 5.54 Å². The first-order valence-electron chi connectivity index (χ1n) is 6.69. The van der Waals surface area contributed by atoms with Crippen LogP contribution in [0.15, 0.2) is 84.9 Å². The van der Waals surface area contributed by atoms with Crippen molar-refractivity contribution in [1.82, 2.24) is 0 Å². The third kappa shape index (κ3) is 2.13. The van der Waals surface area contributed by atoms with Gasteiger partial charge in [-0.3, -0.25) is 0 Å². The first kappa shape index (κ1) is 12.6. The van der Waals surface area contributed by atoms with Gasteiger partial charge in [0.25, 0.3) is 0 Å². The van der Waals surface area contributed by atoms with Crippen LogP contribution in [0.3, 0.4) is 0 Å². The lowest BCUT2D eigenvalue weighted by Gasteiger charge is -2.31. The summed E-state index contributed by atoms with van der Waals surface area (Å²) in [5, 5.41) is 0. The Balaban J connectivity index is 2.24. The zero-order valence-electron chi connectivity index (χ0n) is 11.2. The molecule has 0 fully saturated rings. The highest BCUT2D eigenvalue weighted by Crippen LogP contribution is 2.33. The van der Waals surface area contributed by atoms with E-state index >= 15 is 0 Å². The van der Waals surface area contributed by atoms with Crippen molar-refractivity contribution >= 4 is 0 Å². The molecule has 1 radical (unpaired) electrons. The van der Waals surface area contributed by atoms with Crippen LogP contribution in [-0.4, -0.2) is 0 Å². The zero-order chi connectivity index (χ0) is 13.8. The molecule has 0 spiro atoms. The largest absolute Gasteiger partial charge is 0.314 e. The Bertz CT molecular complexity index is 563. The van der Waals surface area contributed by atoms with Gasteiger partial charge in [0.2, 0.25) is 0 Å². The van der Waals surface area contributed by atoms with Gasteiger partial charge in [-0.15, -0.1) is 0 Å². The molecule has 0 saturated carbocycles. The van der Waals surface area contributed by atoms with Crippen molar-refractivity contribution in [3.63, 3.8) is 0 Å². The van der Waals surface area contributed by atoms with Crippen LogP contribution in [0.5, 0.6) is 0 Å². The summed E-state index contributed by atoms with van der Waals surface area (Å²) < 4.78 is 0. The van der Waals surface area contributed by atoms with Crippen molar-refractivity contribution in [1.29, 1.82) is 0 Å². The van der Waals surface area contributed by atoms with Crippen LogP contribution < -0.4 is 5.73 Å². The van der Waals surface area contributed by atoms with E-state index in [1.165, 1.54) is 0 Å². The molecule has 20 heavy (non-hydrogen) atoms. The fourth-order valence-corrected chi connectivity index (χ4v) is 2.52. The second-order valence-electron chi connectivity index (χ2n) is 4.82. The van der Waals surface area contributed by atoms with Crippen LogP contribution in [0.1, 0.15) is 16.7 Å². The molecule has 0 bridgehead atoms. The summed E-state index contributed by atoms with van der Waals surface area (Å²) in [4.78, 5) is 0. The second kappa shape index (κ2) is 5.32. The third-order valence-electron chi connectivity index (χ3n) is 3.59. The predicted molar refractivity (Wildman–Crippen MR) is 82.2 cm³/mol. The Morgan fingerprint density at radius 1 is 0.650 bits per heavy atom. The number of nitrogens with two attached hydrogens (primary N) is 1. The van der Waals surface area contributed by atoms with E-state index in [0.29, 0.717) is 0 Å². The highest BCUT2D eigenvalue weighted by molar-refractivity contribution is 5.48. The van der Waals surface area contributed by atoms with E-state index in [0.717, 1.165) is 16.7 Å². The van der Waals surface area contributed by atoms with E-state index in [-0.39, 0.29) is 0 Å². The molecule has 0 heterocycles. The Morgan fingerprint density at radius 2 is 1.15 bits per heavy atom. The molecule has 3 rings (SSSR count). The molecule has 97 valence electrons. The van der Waals surface area contributed by atoms with Gasteiger partial charge in [-0.1, -0.05) is 84.9 Å². The van der Waals surface area contributed by atoms with E-state index in [1.807, 2.05) is 60.7 Å². The molecule has 0 aliphatic carbocycles. The molecule has 0 unspecified atom stereocenters. The highest BCUT2D eigenvalue weighted by Gasteiger charge is 2.31. The van der Waals surface area contributed by atoms with Crippen LogP contribution in [0.25, 0.3) is 0 Å². The van der Waals surface area contributed by atoms with Gasteiger partial charge in [-0.25, -0.2) is 0 Å². The second-order valence-corrected chi connectivity index (χ2v) is 4.82. The van der Waals surface area contributed by atoms with Gasteiger partial charge in [0, 0.05) is 0 Å². The van der Waals surface area contributed by atoms with Gasteiger partial charge < -0.3 is 5.73 Å². The molecular weight excluding hydrogens is 242 g/mol. The Kier molecular flexibility index (Phi) is 3.36. The number of benzene rings is 3. The van der Waals surface area contributed by atoms with Gasteiger partial charge in [-0.2, -0.15) is 0 Å². The summed E-state index contributed by atoms with van der Waals surface area (Å²) in [7, 11) is 0. The van der Waals surface area contributed by atoms with E-state index < -0.39 is 5.54 Å². The summed E-state index contributed by atoms with van der Waals surface area (Å²) in [6.45, 7) is 0. The average Bonchev–Trinajstić information content (AvgIpc) is 2.56. The molecule has 3 aromatic carbocycles. The normalized spacial score (nSPS) is 11.2. The van der Waals surface area contributed by atoms with Crippen LogP contribution >= 0.6 is 0 Å². The van der Waals surface area contributed by atoms with E-state index in [9.17, 15) is 0 Å². The summed E-state index contributed by atoms with van der Waals surface area (Å²) in [5.74, 6) is 0. The summed E-state index contributed by atoms with van der Waals surface area (Å²) in [6, 6.07) is 31.5. The van der Waals surface area contributed by atoms with Crippen molar-refractivity contribution < 1.29 is 0 Å². The third-order valence-corrected chi connectivity index (χ3v) is 3.59. The average molecular weight is 258 g/mol. The molecule has 0 saturated heterocycles. The Labute approximate surface area is 119 Å². The summed E-state index contributed by atoms with van der Waals surface area (Å²) >= 11 is 0. The Morgan fingerprint density at radius 3 is 1.60 bits per heavy atom. The fourth-order valence-electron chi connectivity index (χ4n) is 2.52. The van der Waals surface area contributed by atoms with Crippen molar-refractivity contribution in [2.24, 2.45) is 5.73 Å². The zero-order valence-corrected chi connectivity index (χ0v) is 11.2. The molecule has 0 aromatic heterocycles. The maximum Gasteiger partial charge on any atom is 0.0928 e. The molecule has 1 nitrogen and oxygen atoms in total. The SMILES string of the molecule is NC(c1[c]cccc1)(c1ccccc1)c1ccccc1. The van der Waals surface area contributed by atoms with Gasteiger partial charge in [0.1, 0.15) is 0 Å². The maximum absolute atomic E-state index is 6.83. The topological polar surface area (TPSA) is 26.0 Å². The number of hydrogen-bond donors (Lipinski definition) is 1. The van der Waals surface area contributed by atoms with Gasteiger partial charge >= 0.3 is 0 Å². The molecule has 0 amide bonds. The standard InChI is InChI=1S/C19H16N/c20-19(16-10-4-1-5-11-16,17-12-6-2-7-13-17)18-14-8-3-9-15-18/h1-14H,20H2. The minimum Gasteiger partial charge on any atom is -0.314 e. The molecule has 0 aliphatic rings. The minimum atomic E-state index is -0.677. The van der Waals surface area contributed by atoms with Crippen LogP contribution in [0.4, 0.5) is 0 Å². The lowest BCUT2D eigenvalue weighted by atomic mass is 9.78. The molecular formula is C19H16N. The monoisotopic (exact) mass is 258 g/mol. The van der Waals surface area contributed by atoms with Crippen molar-refractivity contribution in [3.8, 4) is 0 Å². The molecule has 0 aliphatic heterocycles. The van der Waals surface area contributed by atoms with Crippen LogP contribution in [0.2, 0.25) is 0 Å². The van der Waals surface area contributed by atoms with Gasteiger partial charge in [0.15, 0.2) is 0 Å². The quantitative estimate of drug-likeness (QED) is 0.712. The molecule has 3 aromatic rings. The summed E-state index contributed by atoms with van der Waals surface area (Å²) in [6.07, 6.45) is 0. The molecule has 0 atom stereocenters. The van der Waals surface area contributed by atoms with Gasteiger partial charge in [0.05, 0.1) is 5.54 Å². The maximum atomic E-state index is 6.83. The first-order valence-corrected chi connectivity index (χ1v) is 6.69. The van der Waals surface area contributed by atoms with Crippen LogP contribution in [0, 0.1) is 6.07 Å². The highest BCUT2D eigenvalue weighted by atomic mass is 14.7. The number of hydrogen-bond acceptors (Lipinski definition) is 1. The van der Waals surface area contributed by atoms with E-state index in [1.54, 1.807) is 0 Å². The molecule has 2 N–H and O–H groups in total. The van der Waals surface area contributed by atoms with Crippen molar-refractivity contribution in [2.75, 3.05) is 0 Å². The van der Waals surface area contributed by atoms with Crippen molar-refractivity contribution in [3.05, 3.63) is 108 Å². The van der Waals surface area contributed by atoms with E-state index in [2.05, 4.69) is 30.3 Å². The lowest BCUT2D eigenvalue weighted by molar-refractivity contribution is 0.652. The van der Waals surface area contributed by atoms with E-state index in [4.69, 9.17) is 5.73 Å². The predicted octanol–water partition coefficient (Wildman–Crippen LogP) is 3.74. The van der Waals surface area contributed by atoms with Crippen molar-refractivity contribution in [2.45, 2.75) is 5.54 Å². The minimum absolute atomic E-state index is 0.677. The lowest BCUT2D eigenvalue weighted by Crippen LogP contribution is -2.39. The fraction of sp³-hybridized carbons (Fsp3) is 0.0526. The first-order chi connectivity index (χ1) is 9.82. The number of rotatable bonds is 3. The Hall–Kier alpha value is -2.38.